The van der Waals surface area contributed by atoms with E-state index in [1.165, 1.54) is 0 Å². The summed E-state index contributed by atoms with van der Waals surface area (Å²) < 4.78 is 3.92. The molecule has 0 aromatic carbocycles. The van der Waals surface area contributed by atoms with E-state index in [1.807, 2.05) is 29.5 Å². The Balaban J connectivity index is 2.21. The molecule has 2 heterocycles. The highest BCUT2D eigenvalue weighted by Gasteiger charge is 2.20. The molecule has 3 N–H and O–H groups in total. The van der Waals surface area contributed by atoms with Gasteiger partial charge in [0.25, 0.3) is 0 Å². The summed E-state index contributed by atoms with van der Waals surface area (Å²) in [5.74, 6) is 5.77. The molecule has 0 saturated heterocycles. The summed E-state index contributed by atoms with van der Waals surface area (Å²) >= 11 is 0. The topological polar surface area (TPSA) is 73.7 Å². The van der Waals surface area contributed by atoms with Gasteiger partial charge >= 0.3 is 0 Å². The highest BCUT2D eigenvalue weighted by Crippen LogP contribution is 2.24. The maximum Gasteiger partial charge on any atom is 0.0644 e. The number of aromatic nitrogens is 4. The first kappa shape index (κ1) is 15.7. The molecule has 21 heavy (non-hydrogen) atoms. The quantitative estimate of drug-likeness (QED) is 0.630. The molecule has 2 rings (SSSR count). The van der Waals surface area contributed by atoms with Crippen LogP contribution in [-0.2, 0) is 13.5 Å². The minimum Gasteiger partial charge on any atom is -0.272 e. The van der Waals surface area contributed by atoms with Crippen molar-refractivity contribution in [2.75, 3.05) is 0 Å². The number of nitrogens with one attached hydrogen (secondary N) is 1. The molecule has 0 radical (unpaired) electrons. The van der Waals surface area contributed by atoms with Crippen LogP contribution >= 0.6 is 0 Å². The highest BCUT2D eigenvalue weighted by molar-refractivity contribution is 5.29. The minimum atomic E-state index is 0.0268. The van der Waals surface area contributed by atoms with Crippen LogP contribution in [0.3, 0.4) is 0 Å². The molecule has 2 unspecified atom stereocenters. The van der Waals surface area contributed by atoms with Crippen LogP contribution in [0.1, 0.15) is 55.0 Å². The molecular formula is C15H26N6. The second-order valence-corrected chi connectivity index (χ2v) is 5.68. The Labute approximate surface area is 126 Å². The van der Waals surface area contributed by atoms with E-state index in [1.54, 1.807) is 0 Å². The standard InChI is InChI=1S/C15H26N6/c1-6-10(2)21-8-7-13(19-21)9-14(17-16)15-11(3)18-20(5)12(15)4/h7-8,10,14,17H,6,9,16H2,1-5H3. The maximum absolute atomic E-state index is 5.77. The lowest BCUT2D eigenvalue weighted by molar-refractivity contribution is 0.466. The van der Waals surface area contributed by atoms with Crippen molar-refractivity contribution >= 4 is 0 Å². The summed E-state index contributed by atoms with van der Waals surface area (Å²) in [6, 6.07) is 2.52. The minimum absolute atomic E-state index is 0.0268. The van der Waals surface area contributed by atoms with E-state index in [-0.39, 0.29) is 6.04 Å². The monoisotopic (exact) mass is 290 g/mol. The fourth-order valence-corrected chi connectivity index (χ4v) is 2.67. The third-order valence-electron chi connectivity index (χ3n) is 4.23. The van der Waals surface area contributed by atoms with Gasteiger partial charge in [0.1, 0.15) is 0 Å². The predicted octanol–water partition coefficient (Wildman–Crippen LogP) is 1.95. The van der Waals surface area contributed by atoms with Crippen LogP contribution in [0.25, 0.3) is 0 Å². The van der Waals surface area contributed by atoms with E-state index in [0.29, 0.717) is 6.04 Å². The molecule has 6 nitrogen and oxygen atoms in total. The zero-order chi connectivity index (χ0) is 15.6. The molecule has 0 amide bonds. The molecule has 0 fully saturated rings. The smallest absolute Gasteiger partial charge is 0.0644 e. The van der Waals surface area contributed by atoms with E-state index >= 15 is 0 Å². The van der Waals surface area contributed by atoms with Gasteiger partial charge in [-0.2, -0.15) is 10.2 Å². The maximum atomic E-state index is 5.77. The van der Waals surface area contributed by atoms with E-state index < -0.39 is 0 Å². The fourth-order valence-electron chi connectivity index (χ4n) is 2.67. The van der Waals surface area contributed by atoms with Crippen molar-refractivity contribution in [1.82, 2.24) is 25.0 Å². The van der Waals surface area contributed by atoms with E-state index in [0.717, 1.165) is 35.5 Å². The average molecular weight is 290 g/mol. The first-order valence-electron chi connectivity index (χ1n) is 7.48. The largest absolute Gasteiger partial charge is 0.272 e. The van der Waals surface area contributed by atoms with Crippen LogP contribution in [0.4, 0.5) is 0 Å². The van der Waals surface area contributed by atoms with Gasteiger partial charge in [0.05, 0.1) is 17.4 Å². The molecule has 6 heteroatoms. The van der Waals surface area contributed by atoms with Crippen molar-refractivity contribution in [3.8, 4) is 0 Å². The van der Waals surface area contributed by atoms with Crippen molar-refractivity contribution in [1.29, 1.82) is 0 Å². The van der Waals surface area contributed by atoms with Crippen molar-refractivity contribution < 1.29 is 0 Å². The summed E-state index contributed by atoms with van der Waals surface area (Å²) in [7, 11) is 1.96. The third-order valence-corrected chi connectivity index (χ3v) is 4.23. The second-order valence-electron chi connectivity index (χ2n) is 5.68. The van der Waals surface area contributed by atoms with E-state index in [4.69, 9.17) is 5.84 Å². The molecule has 0 bridgehead atoms. The SMILES string of the molecule is CCC(C)n1ccc(CC(NN)c2c(C)nn(C)c2C)n1. The number of hydrazine groups is 1. The Morgan fingerprint density at radius 3 is 2.57 bits per heavy atom. The van der Waals surface area contributed by atoms with Crippen molar-refractivity contribution in [2.45, 2.75) is 52.6 Å². The second kappa shape index (κ2) is 6.41. The van der Waals surface area contributed by atoms with Gasteiger partial charge in [0.15, 0.2) is 0 Å². The van der Waals surface area contributed by atoms with Gasteiger partial charge in [0, 0.05) is 37.0 Å². The Kier molecular flexibility index (Phi) is 4.80. The van der Waals surface area contributed by atoms with E-state index in [2.05, 4.69) is 42.5 Å². The number of hydrogen-bond donors (Lipinski definition) is 2. The number of aryl methyl sites for hydroxylation is 2. The van der Waals surface area contributed by atoms with Crippen LogP contribution in [0, 0.1) is 13.8 Å². The van der Waals surface area contributed by atoms with Gasteiger partial charge in [-0.1, -0.05) is 6.92 Å². The molecule has 116 valence electrons. The van der Waals surface area contributed by atoms with Crippen molar-refractivity contribution in [2.24, 2.45) is 12.9 Å². The van der Waals surface area contributed by atoms with Crippen LogP contribution < -0.4 is 11.3 Å². The molecule has 0 aliphatic rings. The molecule has 0 aliphatic heterocycles. The van der Waals surface area contributed by atoms with Gasteiger partial charge in [-0.15, -0.1) is 0 Å². The Bertz CT molecular complexity index is 597. The lowest BCUT2D eigenvalue weighted by atomic mass is 10.0. The van der Waals surface area contributed by atoms with Gasteiger partial charge < -0.3 is 0 Å². The van der Waals surface area contributed by atoms with Crippen molar-refractivity contribution in [3.63, 3.8) is 0 Å². The summed E-state index contributed by atoms with van der Waals surface area (Å²) in [4.78, 5) is 0. The summed E-state index contributed by atoms with van der Waals surface area (Å²) in [6.07, 6.45) is 3.87. The lowest BCUT2D eigenvalue weighted by Gasteiger charge is -2.16. The van der Waals surface area contributed by atoms with Crippen LogP contribution in [0.5, 0.6) is 0 Å². The number of rotatable bonds is 6. The Morgan fingerprint density at radius 2 is 2.05 bits per heavy atom. The molecule has 2 aromatic heterocycles. The van der Waals surface area contributed by atoms with Crippen LogP contribution in [0.2, 0.25) is 0 Å². The Hall–Kier alpha value is -1.66. The van der Waals surface area contributed by atoms with Gasteiger partial charge in [-0.05, 0) is 33.3 Å². The summed E-state index contributed by atoms with van der Waals surface area (Å²) in [6.45, 7) is 8.42. The first-order chi connectivity index (χ1) is 9.97. The van der Waals surface area contributed by atoms with Gasteiger partial charge in [-0.3, -0.25) is 20.6 Å². The summed E-state index contributed by atoms with van der Waals surface area (Å²) in [5, 5.41) is 9.12. The molecule has 0 aliphatic carbocycles. The average Bonchev–Trinajstić information content (AvgIpc) is 3.02. The zero-order valence-electron chi connectivity index (χ0n) is 13.6. The summed E-state index contributed by atoms with van der Waals surface area (Å²) in [5.41, 5.74) is 7.27. The van der Waals surface area contributed by atoms with Gasteiger partial charge in [-0.25, -0.2) is 0 Å². The zero-order valence-corrected chi connectivity index (χ0v) is 13.6. The number of hydrogen-bond acceptors (Lipinski definition) is 4. The van der Waals surface area contributed by atoms with Crippen LogP contribution in [-0.4, -0.2) is 19.6 Å². The fraction of sp³-hybridized carbons (Fsp3) is 0.600. The third kappa shape index (κ3) is 3.16. The Morgan fingerprint density at radius 1 is 1.33 bits per heavy atom. The van der Waals surface area contributed by atoms with Crippen molar-refractivity contribution in [3.05, 3.63) is 34.9 Å². The van der Waals surface area contributed by atoms with E-state index in [9.17, 15) is 0 Å². The molecule has 0 saturated carbocycles. The molecule has 2 aromatic rings. The normalized spacial score (nSPS) is 14.4. The number of nitrogens with two attached hydrogens (primary N) is 1. The molecule has 0 spiro atoms. The first-order valence-corrected chi connectivity index (χ1v) is 7.48. The predicted molar refractivity (Wildman–Crippen MR) is 83.7 cm³/mol. The molecule has 2 atom stereocenters. The highest BCUT2D eigenvalue weighted by atomic mass is 15.3. The van der Waals surface area contributed by atoms with Gasteiger partial charge in [0.2, 0.25) is 0 Å². The molecular weight excluding hydrogens is 264 g/mol. The van der Waals surface area contributed by atoms with Crippen LogP contribution in [0.15, 0.2) is 12.3 Å². The number of nitrogens with zero attached hydrogens (tertiary/aromatic N) is 4. The lowest BCUT2D eigenvalue weighted by Crippen LogP contribution is -2.30.